The third-order valence-electron chi connectivity index (χ3n) is 2.93. The number of ketones is 1. The van der Waals surface area contributed by atoms with E-state index in [0.29, 0.717) is 22.1 Å². The topological polar surface area (TPSA) is 64.3 Å². The molecule has 0 amide bonds. The van der Waals surface area contributed by atoms with Crippen LogP contribution in [0.15, 0.2) is 21.4 Å². The number of furan rings is 1. The molecule has 0 unspecified atom stereocenters. The second-order valence-electron chi connectivity index (χ2n) is 4.15. The van der Waals surface area contributed by atoms with Crippen LogP contribution in [0.2, 0.25) is 0 Å². The summed E-state index contributed by atoms with van der Waals surface area (Å²) in [5.41, 5.74) is 1.71. The number of rotatable bonds is 2. The summed E-state index contributed by atoms with van der Waals surface area (Å²) in [6, 6.07) is 2.95. The van der Waals surface area contributed by atoms with Crippen molar-refractivity contribution in [3.05, 3.63) is 29.0 Å². The Labute approximate surface area is 109 Å². The molecule has 1 heterocycles. The monoisotopic (exact) mass is 286 g/mol. The van der Waals surface area contributed by atoms with Crippen LogP contribution in [0.4, 0.5) is 0 Å². The van der Waals surface area contributed by atoms with Crippen LogP contribution in [0.1, 0.15) is 28.6 Å². The molecule has 0 aliphatic rings. The molecule has 6 heteroatoms. The van der Waals surface area contributed by atoms with Crippen molar-refractivity contribution < 1.29 is 17.6 Å². The third kappa shape index (κ3) is 2.04. The highest BCUT2D eigenvalue weighted by Crippen LogP contribution is 2.31. The van der Waals surface area contributed by atoms with E-state index < -0.39 is 9.05 Å². The maximum absolute atomic E-state index is 11.5. The predicted molar refractivity (Wildman–Crippen MR) is 68.7 cm³/mol. The minimum absolute atomic E-state index is 0.0464. The van der Waals surface area contributed by atoms with Gasteiger partial charge in [0.25, 0.3) is 9.05 Å². The van der Waals surface area contributed by atoms with Gasteiger partial charge >= 0.3 is 0 Å². The van der Waals surface area contributed by atoms with Gasteiger partial charge in [-0.15, -0.1) is 0 Å². The number of halogens is 1. The van der Waals surface area contributed by atoms with E-state index >= 15 is 0 Å². The first kappa shape index (κ1) is 13.1. The van der Waals surface area contributed by atoms with E-state index in [1.54, 1.807) is 13.8 Å². The van der Waals surface area contributed by atoms with Crippen LogP contribution in [-0.2, 0) is 9.05 Å². The summed E-state index contributed by atoms with van der Waals surface area (Å²) in [6.45, 7) is 4.77. The maximum atomic E-state index is 11.5. The number of carbonyl (C=O) groups excluding carboxylic acids is 1. The van der Waals surface area contributed by atoms with Gasteiger partial charge in [0.1, 0.15) is 5.58 Å². The number of aryl methyl sites for hydroxylation is 1. The molecule has 0 aliphatic carbocycles. The fourth-order valence-corrected chi connectivity index (χ4v) is 3.10. The lowest BCUT2D eigenvalue weighted by atomic mass is 10.1. The molecule has 1 aromatic carbocycles. The maximum Gasteiger partial charge on any atom is 0.261 e. The molecule has 0 fully saturated rings. The summed E-state index contributed by atoms with van der Waals surface area (Å²) in [5.74, 6) is -0.00449. The number of Topliss-reactive ketones (excluding diaryl/α,β-unsaturated/α-hetero) is 1. The fourth-order valence-electron chi connectivity index (χ4n) is 1.84. The van der Waals surface area contributed by atoms with Crippen molar-refractivity contribution in [1.82, 2.24) is 0 Å². The van der Waals surface area contributed by atoms with Gasteiger partial charge in [-0.1, -0.05) is 0 Å². The van der Waals surface area contributed by atoms with Crippen molar-refractivity contribution in [1.29, 1.82) is 0 Å². The summed E-state index contributed by atoms with van der Waals surface area (Å²) in [5, 5.41) is 0.558. The minimum atomic E-state index is -3.81. The molecular formula is C12H11ClO4S. The highest BCUT2D eigenvalue weighted by molar-refractivity contribution is 8.13. The molecule has 4 nitrogen and oxygen atoms in total. The normalized spacial score (nSPS) is 12.0. The van der Waals surface area contributed by atoms with E-state index in [0.717, 1.165) is 0 Å². The van der Waals surface area contributed by atoms with Crippen LogP contribution >= 0.6 is 10.7 Å². The molecule has 0 spiro atoms. The van der Waals surface area contributed by atoms with Gasteiger partial charge in [0.15, 0.2) is 11.5 Å². The molecule has 2 aromatic rings. The van der Waals surface area contributed by atoms with Crippen LogP contribution in [0.25, 0.3) is 11.0 Å². The van der Waals surface area contributed by atoms with Gasteiger partial charge in [-0.25, -0.2) is 8.42 Å². The molecule has 18 heavy (non-hydrogen) atoms. The standard InChI is InChI=1S/C12H11ClO4S/c1-6-7(2)12-9(4-10(17-12)8(3)14)5-11(6)18(13,15)16/h4-5H,1-3H3. The Kier molecular flexibility index (Phi) is 2.99. The first-order chi connectivity index (χ1) is 8.21. The van der Waals surface area contributed by atoms with Gasteiger partial charge < -0.3 is 4.42 Å². The van der Waals surface area contributed by atoms with Crippen LogP contribution in [-0.4, -0.2) is 14.2 Å². The third-order valence-corrected chi connectivity index (χ3v) is 4.38. The number of benzene rings is 1. The molecule has 0 saturated carbocycles. The van der Waals surface area contributed by atoms with Gasteiger partial charge in [0.05, 0.1) is 4.90 Å². The molecule has 0 atom stereocenters. The summed E-state index contributed by atoms with van der Waals surface area (Å²) in [6.07, 6.45) is 0. The molecule has 96 valence electrons. The highest BCUT2D eigenvalue weighted by atomic mass is 35.7. The first-order valence-electron chi connectivity index (χ1n) is 5.21. The van der Waals surface area contributed by atoms with Gasteiger partial charge in [-0.05, 0) is 37.1 Å². The Morgan fingerprint density at radius 1 is 1.22 bits per heavy atom. The smallest absolute Gasteiger partial charge is 0.261 e. The SMILES string of the molecule is CC(=O)c1cc2cc(S(=O)(=O)Cl)c(C)c(C)c2o1. The zero-order valence-electron chi connectivity index (χ0n) is 10.1. The Bertz CT molecular complexity index is 756. The van der Waals surface area contributed by atoms with E-state index in [9.17, 15) is 13.2 Å². The number of carbonyl (C=O) groups is 1. The second-order valence-corrected chi connectivity index (χ2v) is 6.68. The van der Waals surface area contributed by atoms with Crippen molar-refractivity contribution in [2.75, 3.05) is 0 Å². The molecule has 1 aromatic heterocycles. The molecule has 0 radical (unpaired) electrons. The number of hydrogen-bond acceptors (Lipinski definition) is 4. The van der Waals surface area contributed by atoms with Gasteiger partial charge in [0.2, 0.25) is 0 Å². The first-order valence-corrected chi connectivity index (χ1v) is 7.52. The van der Waals surface area contributed by atoms with E-state index in [1.165, 1.54) is 19.1 Å². The molecular weight excluding hydrogens is 276 g/mol. The van der Waals surface area contributed by atoms with Gasteiger partial charge in [-0.3, -0.25) is 4.79 Å². The number of fused-ring (bicyclic) bond motifs is 1. The quantitative estimate of drug-likeness (QED) is 0.628. The average Bonchev–Trinajstić information content (AvgIpc) is 2.65. The second kappa shape index (κ2) is 4.10. The van der Waals surface area contributed by atoms with Crippen molar-refractivity contribution in [3.63, 3.8) is 0 Å². The van der Waals surface area contributed by atoms with E-state index in [-0.39, 0.29) is 16.4 Å². The lowest BCUT2D eigenvalue weighted by molar-refractivity contribution is 0.0989. The molecule has 0 saturated heterocycles. The zero-order valence-corrected chi connectivity index (χ0v) is 11.6. The molecule has 0 aliphatic heterocycles. The minimum Gasteiger partial charge on any atom is -0.453 e. The fraction of sp³-hybridized carbons (Fsp3) is 0.250. The van der Waals surface area contributed by atoms with Crippen LogP contribution in [0.5, 0.6) is 0 Å². The largest absolute Gasteiger partial charge is 0.453 e. The number of hydrogen-bond donors (Lipinski definition) is 0. The molecule has 0 N–H and O–H groups in total. The van der Waals surface area contributed by atoms with Crippen LogP contribution < -0.4 is 0 Å². The van der Waals surface area contributed by atoms with E-state index in [4.69, 9.17) is 15.1 Å². The predicted octanol–water partition coefficient (Wildman–Crippen LogP) is 3.18. The molecule has 2 rings (SSSR count). The Morgan fingerprint density at radius 3 is 2.33 bits per heavy atom. The Morgan fingerprint density at radius 2 is 1.83 bits per heavy atom. The van der Waals surface area contributed by atoms with E-state index in [2.05, 4.69) is 0 Å². The van der Waals surface area contributed by atoms with Gasteiger partial charge in [-0.2, -0.15) is 0 Å². The zero-order chi connectivity index (χ0) is 13.7. The molecule has 0 bridgehead atoms. The summed E-state index contributed by atoms with van der Waals surface area (Å²) in [4.78, 5) is 11.3. The highest BCUT2D eigenvalue weighted by Gasteiger charge is 2.20. The lowest BCUT2D eigenvalue weighted by Gasteiger charge is -2.05. The van der Waals surface area contributed by atoms with Crippen molar-refractivity contribution >= 4 is 36.5 Å². The lowest BCUT2D eigenvalue weighted by Crippen LogP contribution is -1.96. The van der Waals surface area contributed by atoms with Crippen molar-refractivity contribution in [3.8, 4) is 0 Å². The van der Waals surface area contributed by atoms with Gasteiger partial charge in [0, 0.05) is 23.0 Å². The van der Waals surface area contributed by atoms with Crippen LogP contribution in [0.3, 0.4) is 0 Å². The van der Waals surface area contributed by atoms with Crippen LogP contribution in [0, 0.1) is 13.8 Å². The Hall–Kier alpha value is -1.33. The van der Waals surface area contributed by atoms with E-state index in [1.807, 2.05) is 0 Å². The average molecular weight is 287 g/mol. The summed E-state index contributed by atoms with van der Waals surface area (Å²) in [7, 11) is 1.57. The summed E-state index contributed by atoms with van der Waals surface area (Å²) >= 11 is 0. The van der Waals surface area contributed by atoms with Crippen molar-refractivity contribution in [2.24, 2.45) is 0 Å². The summed E-state index contributed by atoms with van der Waals surface area (Å²) < 4.78 is 28.3. The Balaban J connectivity index is 2.88. The van der Waals surface area contributed by atoms with Crippen molar-refractivity contribution in [2.45, 2.75) is 25.7 Å².